The van der Waals surface area contributed by atoms with Crippen LogP contribution in [0.2, 0.25) is 0 Å². The SMILES string of the molecule is CCn1cc(/C=C/C(=O)NCCCn2nc(C)cc2C)cn1. The van der Waals surface area contributed by atoms with Gasteiger partial charge in [0.25, 0.3) is 0 Å². The number of amides is 1. The van der Waals surface area contributed by atoms with Crippen molar-refractivity contribution >= 4 is 12.0 Å². The number of nitrogens with one attached hydrogen (secondary N) is 1. The van der Waals surface area contributed by atoms with Gasteiger partial charge in [-0.25, -0.2) is 0 Å². The molecule has 22 heavy (non-hydrogen) atoms. The van der Waals surface area contributed by atoms with Gasteiger partial charge in [0.1, 0.15) is 0 Å². The van der Waals surface area contributed by atoms with Crippen molar-refractivity contribution in [1.82, 2.24) is 24.9 Å². The molecule has 0 spiro atoms. The molecule has 0 atom stereocenters. The molecule has 0 radical (unpaired) electrons. The second-order valence-electron chi connectivity index (χ2n) is 5.26. The number of hydrogen-bond acceptors (Lipinski definition) is 3. The van der Waals surface area contributed by atoms with E-state index in [4.69, 9.17) is 0 Å². The predicted molar refractivity (Wildman–Crippen MR) is 86.3 cm³/mol. The second-order valence-corrected chi connectivity index (χ2v) is 5.26. The lowest BCUT2D eigenvalue weighted by molar-refractivity contribution is -0.116. The molecule has 0 saturated carbocycles. The van der Waals surface area contributed by atoms with Crippen LogP contribution in [0.1, 0.15) is 30.3 Å². The molecule has 0 aliphatic heterocycles. The summed E-state index contributed by atoms with van der Waals surface area (Å²) in [4.78, 5) is 11.7. The summed E-state index contributed by atoms with van der Waals surface area (Å²) < 4.78 is 3.79. The van der Waals surface area contributed by atoms with Crippen molar-refractivity contribution < 1.29 is 4.79 Å². The molecule has 0 aliphatic carbocycles. The fourth-order valence-electron chi connectivity index (χ4n) is 2.21. The lowest BCUT2D eigenvalue weighted by Gasteiger charge is -2.04. The van der Waals surface area contributed by atoms with E-state index in [0.29, 0.717) is 6.54 Å². The standard InChI is InChI=1S/C16H23N5O/c1-4-20-12-15(11-18-20)6-7-16(22)17-8-5-9-21-14(3)10-13(2)19-21/h6-7,10-12H,4-5,8-9H2,1-3H3,(H,17,22)/b7-6+. The van der Waals surface area contributed by atoms with E-state index in [-0.39, 0.29) is 5.91 Å². The first-order valence-corrected chi connectivity index (χ1v) is 7.58. The van der Waals surface area contributed by atoms with Gasteiger partial charge in [-0.2, -0.15) is 10.2 Å². The zero-order valence-electron chi connectivity index (χ0n) is 13.4. The number of rotatable bonds is 7. The topological polar surface area (TPSA) is 64.7 Å². The number of carbonyl (C=O) groups is 1. The Hall–Kier alpha value is -2.37. The van der Waals surface area contributed by atoms with Crippen molar-refractivity contribution in [1.29, 1.82) is 0 Å². The molecule has 6 heteroatoms. The first kappa shape index (κ1) is 16.0. The number of hydrogen-bond donors (Lipinski definition) is 1. The van der Waals surface area contributed by atoms with Crippen LogP contribution >= 0.6 is 0 Å². The van der Waals surface area contributed by atoms with Gasteiger partial charge in [0.2, 0.25) is 5.91 Å². The minimum Gasteiger partial charge on any atom is -0.352 e. The Labute approximate surface area is 130 Å². The van der Waals surface area contributed by atoms with Gasteiger partial charge >= 0.3 is 0 Å². The molecule has 0 bridgehead atoms. The molecule has 118 valence electrons. The van der Waals surface area contributed by atoms with E-state index in [1.165, 1.54) is 0 Å². The highest BCUT2D eigenvalue weighted by Crippen LogP contribution is 2.02. The van der Waals surface area contributed by atoms with Gasteiger partial charge in [-0.3, -0.25) is 14.2 Å². The Morgan fingerprint density at radius 2 is 2.23 bits per heavy atom. The van der Waals surface area contributed by atoms with E-state index < -0.39 is 0 Å². The molecule has 1 N–H and O–H groups in total. The Kier molecular flexibility index (Phi) is 5.52. The second kappa shape index (κ2) is 7.59. The summed E-state index contributed by atoms with van der Waals surface area (Å²) in [5.74, 6) is -0.0855. The predicted octanol–water partition coefficient (Wildman–Crippen LogP) is 1.94. The van der Waals surface area contributed by atoms with Crippen molar-refractivity contribution in [2.24, 2.45) is 0 Å². The summed E-state index contributed by atoms with van der Waals surface area (Å²) >= 11 is 0. The lowest BCUT2D eigenvalue weighted by atomic mass is 10.3. The van der Waals surface area contributed by atoms with Gasteiger partial charge < -0.3 is 5.32 Å². The summed E-state index contributed by atoms with van der Waals surface area (Å²) in [6, 6.07) is 2.05. The number of nitrogens with zero attached hydrogens (tertiary/aromatic N) is 4. The molecule has 2 rings (SSSR count). The number of carbonyl (C=O) groups excluding carboxylic acids is 1. The fraction of sp³-hybridized carbons (Fsp3) is 0.438. The van der Waals surface area contributed by atoms with Crippen LogP contribution in [0.15, 0.2) is 24.5 Å². The third kappa shape index (κ3) is 4.58. The molecule has 1 amide bonds. The van der Waals surface area contributed by atoms with Crippen LogP contribution in [0.5, 0.6) is 0 Å². The summed E-state index contributed by atoms with van der Waals surface area (Å²) in [7, 11) is 0. The molecule has 0 aliphatic rings. The van der Waals surface area contributed by atoms with Crippen molar-refractivity contribution in [3.63, 3.8) is 0 Å². The number of aromatic nitrogens is 4. The van der Waals surface area contributed by atoms with Crippen LogP contribution in [0, 0.1) is 13.8 Å². The van der Waals surface area contributed by atoms with E-state index in [9.17, 15) is 4.79 Å². The van der Waals surface area contributed by atoms with Crippen LogP contribution in [0.25, 0.3) is 6.08 Å². The number of aryl methyl sites for hydroxylation is 4. The first-order chi connectivity index (χ1) is 10.6. The van der Waals surface area contributed by atoms with Gasteiger partial charge in [-0.15, -0.1) is 0 Å². The van der Waals surface area contributed by atoms with Crippen LogP contribution in [0.4, 0.5) is 0 Å². The lowest BCUT2D eigenvalue weighted by Crippen LogP contribution is -2.23. The fourth-order valence-corrected chi connectivity index (χ4v) is 2.21. The molecule has 2 aromatic heterocycles. The van der Waals surface area contributed by atoms with Gasteiger partial charge in [0.05, 0.1) is 11.9 Å². The molecule has 2 heterocycles. The normalized spacial score (nSPS) is 11.2. The van der Waals surface area contributed by atoms with Crippen LogP contribution in [0.3, 0.4) is 0 Å². The van der Waals surface area contributed by atoms with Crippen LogP contribution < -0.4 is 5.32 Å². The molecular formula is C16H23N5O. The maximum atomic E-state index is 11.7. The van der Waals surface area contributed by atoms with E-state index in [1.807, 2.05) is 36.3 Å². The van der Waals surface area contributed by atoms with Crippen molar-refractivity contribution in [2.45, 2.75) is 40.3 Å². The van der Waals surface area contributed by atoms with Crippen molar-refractivity contribution in [2.75, 3.05) is 6.54 Å². The highest BCUT2D eigenvalue weighted by molar-refractivity contribution is 5.91. The third-order valence-corrected chi connectivity index (χ3v) is 3.35. The van der Waals surface area contributed by atoms with E-state index in [2.05, 4.69) is 21.6 Å². The minimum absolute atomic E-state index is 0.0855. The highest BCUT2D eigenvalue weighted by atomic mass is 16.1. The zero-order valence-corrected chi connectivity index (χ0v) is 13.4. The van der Waals surface area contributed by atoms with Gasteiger partial charge in [-0.05, 0) is 39.3 Å². The van der Waals surface area contributed by atoms with E-state index in [1.54, 1.807) is 18.3 Å². The molecule has 0 saturated heterocycles. The quantitative estimate of drug-likeness (QED) is 0.628. The molecule has 0 unspecified atom stereocenters. The average molecular weight is 301 g/mol. The summed E-state index contributed by atoms with van der Waals surface area (Å²) in [6.07, 6.45) is 7.83. The largest absolute Gasteiger partial charge is 0.352 e. The molecular weight excluding hydrogens is 278 g/mol. The van der Waals surface area contributed by atoms with Gasteiger partial charge in [0.15, 0.2) is 0 Å². The van der Waals surface area contributed by atoms with E-state index in [0.717, 1.165) is 36.5 Å². The Balaban J connectivity index is 1.70. The smallest absolute Gasteiger partial charge is 0.244 e. The van der Waals surface area contributed by atoms with Gasteiger partial charge in [0, 0.05) is 43.2 Å². The monoisotopic (exact) mass is 301 g/mol. The van der Waals surface area contributed by atoms with Crippen LogP contribution in [-0.4, -0.2) is 32.0 Å². The van der Waals surface area contributed by atoms with Crippen molar-refractivity contribution in [3.8, 4) is 0 Å². The Bertz CT molecular complexity index is 653. The Morgan fingerprint density at radius 3 is 2.86 bits per heavy atom. The minimum atomic E-state index is -0.0855. The summed E-state index contributed by atoms with van der Waals surface area (Å²) in [5.41, 5.74) is 3.10. The molecule has 0 fully saturated rings. The Morgan fingerprint density at radius 1 is 1.41 bits per heavy atom. The first-order valence-electron chi connectivity index (χ1n) is 7.58. The third-order valence-electron chi connectivity index (χ3n) is 3.35. The molecule has 2 aromatic rings. The zero-order chi connectivity index (χ0) is 15.9. The maximum absolute atomic E-state index is 11.7. The van der Waals surface area contributed by atoms with Gasteiger partial charge in [-0.1, -0.05) is 0 Å². The van der Waals surface area contributed by atoms with Crippen LogP contribution in [-0.2, 0) is 17.9 Å². The van der Waals surface area contributed by atoms with E-state index >= 15 is 0 Å². The summed E-state index contributed by atoms with van der Waals surface area (Å²) in [5, 5.41) is 11.4. The highest BCUT2D eigenvalue weighted by Gasteiger charge is 2.01. The summed E-state index contributed by atoms with van der Waals surface area (Å²) in [6.45, 7) is 8.32. The molecule has 0 aromatic carbocycles. The molecule has 6 nitrogen and oxygen atoms in total. The maximum Gasteiger partial charge on any atom is 0.244 e. The van der Waals surface area contributed by atoms with Crippen molar-refractivity contribution in [3.05, 3.63) is 41.5 Å². The average Bonchev–Trinajstić information content (AvgIpc) is 3.07.